The second-order valence-corrected chi connectivity index (χ2v) is 9.50. The van der Waals surface area contributed by atoms with Crippen LogP contribution in [-0.4, -0.2) is 5.91 Å². The van der Waals surface area contributed by atoms with Gasteiger partial charge in [-0.15, -0.1) is 0 Å². The first kappa shape index (κ1) is 21.9. The predicted octanol–water partition coefficient (Wildman–Crippen LogP) is 5.70. The van der Waals surface area contributed by atoms with Crippen LogP contribution in [0, 0.1) is 13.8 Å². The van der Waals surface area contributed by atoms with E-state index >= 15 is 0 Å². The van der Waals surface area contributed by atoms with Crippen molar-refractivity contribution in [1.82, 2.24) is 5.32 Å². The normalized spacial score (nSPS) is 11.9. The van der Waals surface area contributed by atoms with Gasteiger partial charge in [-0.2, -0.15) is 0 Å². The second kappa shape index (κ2) is 8.30. The Kier molecular flexibility index (Phi) is 5.68. The lowest BCUT2D eigenvalue weighted by Gasteiger charge is -2.16. The summed E-state index contributed by atoms with van der Waals surface area (Å²) in [5.41, 5.74) is 5.47. The monoisotopic (exact) mass is 431 g/mol. The summed E-state index contributed by atoms with van der Waals surface area (Å²) < 4.78 is 11.3. The molecule has 0 saturated heterocycles. The topological polar surface area (TPSA) is 72.5 Å². The lowest BCUT2D eigenvalue weighted by molar-refractivity contribution is -0.121. The second-order valence-electron chi connectivity index (χ2n) is 9.50. The molecular formula is C27H29NO4. The summed E-state index contributed by atoms with van der Waals surface area (Å²) in [7, 11) is 0. The summed E-state index contributed by atoms with van der Waals surface area (Å²) in [6, 6.07) is 11.9. The molecule has 2 aromatic heterocycles. The first-order chi connectivity index (χ1) is 15.1. The Bertz CT molecular complexity index is 1350. The number of nitrogens with one attached hydrogen (secondary N) is 1. The van der Waals surface area contributed by atoms with Gasteiger partial charge in [0, 0.05) is 40.9 Å². The number of hydrogen-bond acceptors (Lipinski definition) is 4. The highest BCUT2D eigenvalue weighted by molar-refractivity contribution is 5.96. The van der Waals surface area contributed by atoms with Gasteiger partial charge in [0.25, 0.3) is 0 Å². The molecule has 4 aromatic rings. The fourth-order valence-corrected chi connectivity index (χ4v) is 4.01. The van der Waals surface area contributed by atoms with Crippen molar-refractivity contribution in [2.45, 2.75) is 59.4 Å². The van der Waals surface area contributed by atoms with E-state index in [1.807, 2.05) is 44.2 Å². The lowest BCUT2D eigenvalue weighted by atomic mass is 9.86. The van der Waals surface area contributed by atoms with Gasteiger partial charge in [0.1, 0.15) is 11.2 Å². The van der Waals surface area contributed by atoms with Gasteiger partial charge in [-0.05, 0) is 42.9 Å². The van der Waals surface area contributed by atoms with Crippen LogP contribution in [0.4, 0.5) is 0 Å². The van der Waals surface area contributed by atoms with Gasteiger partial charge in [0.05, 0.1) is 6.26 Å². The van der Waals surface area contributed by atoms with Crippen LogP contribution in [0.1, 0.15) is 55.0 Å². The Hall–Kier alpha value is -3.34. The highest BCUT2D eigenvalue weighted by Gasteiger charge is 2.21. The number of hydrogen-bond donors (Lipinski definition) is 1. The highest BCUT2D eigenvalue weighted by atomic mass is 16.4. The van der Waals surface area contributed by atoms with E-state index in [9.17, 15) is 9.59 Å². The smallest absolute Gasteiger partial charge is 0.339 e. The van der Waals surface area contributed by atoms with Crippen LogP contribution in [-0.2, 0) is 23.2 Å². The molecule has 2 heterocycles. The van der Waals surface area contributed by atoms with E-state index in [-0.39, 0.29) is 17.7 Å². The summed E-state index contributed by atoms with van der Waals surface area (Å²) in [4.78, 5) is 25.0. The molecule has 32 heavy (non-hydrogen) atoms. The average Bonchev–Trinajstić information content (AvgIpc) is 3.15. The van der Waals surface area contributed by atoms with Crippen LogP contribution in [0.3, 0.4) is 0 Å². The molecule has 0 atom stereocenters. The summed E-state index contributed by atoms with van der Waals surface area (Å²) in [5, 5.41) is 4.82. The van der Waals surface area contributed by atoms with Gasteiger partial charge in [-0.25, -0.2) is 4.79 Å². The first-order valence-electron chi connectivity index (χ1n) is 10.9. The number of carbonyl (C=O) groups excluding carboxylic acids is 1. The Morgan fingerprint density at radius 3 is 2.41 bits per heavy atom. The molecule has 5 nitrogen and oxygen atoms in total. The quantitative estimate of drug-likeness (QED) is 0.411. The van der Waals surface area contributed by atoms with Crippen LogP contribution in [0.15, 0.2) is 56.3 Å². The Morgan fingerprint density at radius 2 is 1.72 bits per heavy atom. The predicted molar refractivity (Wildman–Crippen MR) is 127 cm³/mol. The molecule has 0 aliphatic heterocycles. The number of rotatable bonds is 5. The summed E-state index contributed by atoms with van der Waals surface area (Å²) >= 11 is 0. The van der Waals surface area contributed by atoms with Crippen LogP contribution in [0.5, 0.6) is 0 Å². The summed E-state index contributed by atoms with van der Waals surface area (Å²) in [6.45, 7) is 10.8. The van der Waals surface area contributed by atoms with Crippen molar-refractivity contribution in [1.29, 1.82) is 0 Å². The Labute approximate surface area is 187 Å². The summed E-state index contributed by atoms with van der Waals surface area (Å²) in [5.74, 6) is -0.0928. The number of benzene rings is 2. The molecule has 1 amide bonds. The number of amides is 1. The minimum absolute atomic E-state index is 0.0686. The van der Waals surface area contributed by atoms with Gasteiger partial charge >= 0.3 is 5.63 Å². The minimum Gasteiger partial charge on any atom is -0.464 e. The zero-order chi connectivity index (χ0) is 23.0. The molecule has 0 saturated carbocycles. The van der Waals surface area contributed by atoms with Crippen LogP contribution < -0.4 is 10.9 Å². The van der Waals surface area contributed by atoms with E-state index in [4.69, 9.17) is 8.83 Å². The third-order valence-electron chi connectivity index (χ3n) is 6.00. The lowest BCUT2D eigenvalue weighted by Crippen LogP contribution is -2.24. The van der Waals surface area contributed by atoms with Crippen LogP contribution in [0.25, 0.3) is 21.9 Å². The van der Waals surface area contributed by atoms with E-state index in [2.05, 4.69) is 26.1 Å². The van der Waals surface area contributed by atoms with Crippen LogP contribution in [0.2, 0.25) is 0 Å². The molecule has 166 valence electrons. The average molecular weight is 432 g/mol. The molecule has 0 aliphatic rings. The van der Waals surface area contributed by atoms with E-state index in [1.54, 1.807) is 12.3 Å². The summed E-state index contributed by atoms with van der Waals surface area (Å²) in [6.07, 6.45) is 2.33. The third kappa shape index (κ3) is 4.33. The molecule has 1 N–H and O–H groups in total. The molecule has 5 heteroatoms. The Morgan fingerprint density at radius 1 is 1.00 bits per heavy atom. The van der Waals surface area contributed by atoms with Crippen molar-refractivity contribution in [3.8, 4) is 0 Å². The van der Waals surface area contributed by atoms with Crippen molar-refractivity contribution in [3.05, 3.63) is 80.9 Å². The fourth-order valence-electron chi connectivity index (χ4n) is 4.01. The van der Waals surface area contributed by atoms with Crippen molar-refractivity contribution in [2.24, 2.45) is 0 Å². The number of carbonyl (C=O) groups is 1. The maximum absolute atomic E-state index is 12.6. The van der Waals surface area contributed by atoms with Crippen molar-refractivity contribution in [3.63, 3.8) is 0 Å². The first-order valence-corrected chi connectivity index (χ1v) is 10.9. The Balaban J connectivity index is 1.56. The highest BCUT2D eigenvalue weighted by Crippen LogP contribution is 2.35. The minimum atomic E-state index is -0.400. The van der Waals surface area contributed by atoms with E-state index in [0.717, 1.165) is 27.5 Å². The van der Waals surface area contributed by atoms with Crippen molar-refractivity contribution < 1.29 is 13.6 Å². The molecular weight excluding hydrogens is 402 g/mol. The molecule has 0 spiro atoms. The largest absolute Gasteiger partial charge is 0.464 e. The number of aryl methyl sites for hydroxylation is 2. The van der Waals surface area contributed by atoms with Gasteiger partial charge in [0.2, 0.25) is 5.91 Å². The van der Waals surface area contributed by atoms with E-state index in [0.29, 0.717) is 29.7 Å². The van der Waals surface area contributed by atoms with Crippen molar-refractivity contribution in [2.75, 3.05) is 0 Å². The van der Waals surface area contributed by atoms with Gasteiger partial charge in [-0.1, -0.05) is 50.6 Å². The fraction of sp³-hybridized carbons (Fsp3) is 0.333. The zero-order valence-corrected chi connectivity index (χ0v) is 19.3. The van der Waals surface area contributed by atoms with Crippen LogP contribution >= 0.6 is 0 Å². The molecule has 0 unspecified atom stereocenters. The van der Waals surface area contributed by atoms with E-state index < -0.39 is 5.63 Å². The van der Waals surface area contributed by atoms with Gasteiger partial charge in [0.15, 0.2) is 0 Å². The third-order valence-corrected chi connectivity index (χ3v) is 6.00. The molecule has 0 radical (unpaired) electrons. The van der Waals surface area contributed by atoms with Gasteiger partial charge in [-0.3, -0.25) is 4.79 Å². The maximum atomic E-state index is 12.6. The molecule has 2 aromatic carbocycles. The van der Waals surface area contributed by atoms with Gasteiger partial charge < -0.3 is 14.2 Å². The SMILES string of the molecule is Cc1ccc(CNC(=O)CCc2c(C)c3cc4c(C(C)(C)C)coc4cc3oc2=O)cc1. The molecule has 0 aliphatic carbocycles. The zero-order valence-electron chi connectivity index (χ0n) is 19.3. The van der Waals surface area contributed by atoms with Crippen molar-refractivity contribution >= 4 is 27.8 Å². The molecule has 0 fully saturated rings. The van der Waals surface area contributed by atoms with E-state index in [1.165, 1.54) is 5.56 Å². The maximum Gasteiger partial charge on any atom is 0.339 e. The standard InChI is InChI=1S/C27H29NO4/c1-16-6-8-18(9-7-16)14-28-25(29)11-10-19-17(2)20-12-21-22(27(3,4)5)15-31-23(21)13-24(20)32-26(19)30/h6-9,12-13,15H,10-11,14H2,1-5H3,(H,28,29). The number of furan rings is 1. The number of fused-ring (bicyclic) bond motifs is 2. The molecule has 0 bridgehead atoms. The molecule has 4 rings (SSSR count).